The number of nitrogens with two attached hydrogens (primary N) is 1. The van der Waals surface area contributed by atoms with Gasteiger partial charge in [-0.1, -0.05) is 5.92 Å². The van der Waals surface area contributed by atoms with Gasteiger partial charge in [0.25, 0.3) is 5.69 Å². The van der Waals surface area contributed by atoms with Gasteiger partial charge >= 0.3 is 5.97 Å². The predicted octanol–water partition coefficient (Wildman–Crippen LogP) is 1.40. The van der Waals surface area contributed by atoms with Crippen LogP contribution in [0.5, 0.6) is 0 Å². The van der Waals surface area contributed by atoms with Gasteiger partial charge in [0.05, 0.1) is 22.8 Å². The first-order valence-electron chi connectivity index (χ1n) is 5.19. The number of hydrogen-bond acceptors (Lipinski definition) is 5. The SMILES string of the molecule is CCOC(=O)C#Cc1cc([N+](=O)[O-])cc(C)c1N. The van der Waals surface area contributed by atoms with E-state index in [0.717, 1.165) is 0 Å². The molecule has 0 aliphatic heterocycles. The van der Waals surface area contributed by atoms with Gasteiger partial charge in [-0.25, -0.2) is 4.79 Å². The van der Waals surface area contributed by atoms with Crippen molar-refractivity contribution in [2.45, 2.75) is 13.8 Å². The number of benzene rings is 1. The molecule has 1 rings (SSSR count). The van der Waals surface area contributed by atoms with E-state index in [2.05, 4.69) is 16.6 Å². The van der Waals surface area contributed by atoms with Crippen molar-refractivity contribution >= 4 is 17.3 Å². The van der Waals surface area contributed by atoms with Gasteiger partial charge < -0.3 is 10.5 Å². The lowest BCUT2D eigenvalue weighted by molar-refractivity contribution is -0.384. The lowest BCUT2D eigenvalue weighted by atomic mass is 10.1. The fourth-order valence-corrected chi connectivity index (χ4v) is 1.27. The fourth-order valence-electron chi connectivity index (χ4n) is 1.27. The Hall–Kier alpha value is -2.55. The summed E-state index contributed by atoms with van der Waals surface area (Å²) in [4.78, 5) is 21.2. The summed E-state index contributed by atoms with van der Waals surface area (Å²) in [5.74, 6) is 4.01. The van der Waals surface area contributed by atoms with Crippen LogP contribution in [-0.2, 0) is 9.53 Å². The second-order valence-electron chi connectivity index (χ2n) is 3.45. The van der Waals surface area contributed by atoms with Crippen molar-refractivity contribution in [3.63, 3.8) is 0 Å². The molecule has 0 aliphatic rings. The van der Waals surface area contributed by atoms with E-state index in [1.54, 1.807) is 13.8 Å². The van der Waals surface area contributed by atoms with Crippen LogP contribution in [-0.4, -0.2) is 17.5 Å². The zero-order chi connectivity index (χ0) is 13.7. The number of esters is 1. The fraction of sp³-hybridized carbons (Fsp3) is 0.250. The molecule has 2 N–H and O–H groups in total. The first-order chi connectivity index (χ1) is 8.45. The normalized spacial score (nSPS) is 9.22. The van der Waals surface area contributed by atoms with Gasteiger partial charge in [0.1, 0.15) is 0 Å². The molecule has 1 aromatic rings. The summed E-state index contributed by atoms with van der Waals surface area (Å²) >= 11 is 0. The zero-order valence-corrected chi connectivity index (χ0v) is 10.0. The maximum absolute atomic E-state index is 11.1. The highest BCUT2D eigenvalue weighted by Gasteiger charge is 2.11. The number of nitro benzene ring substituents is 1. The largest absolute Gasteiger partial charge is 0.456 e. The number of nitrogens with zero attached hydrogens (tertiary/aromatic N) is 1. The molecule has 6 heteroatoms. The van der Waals surface area contributed by atoms with Gasteiger partial charge in [0, 0.05) is 18.1 Å². The first kappa shape index (κ1) is 13.5. The van der Waals surface area contributed by atoms with E-state index in [-0.39, 0.29) is 17.9 Å². The summed E-state index contributed by atoms with van der Waals surface area (Å²) in [6.45, 7) is 3.51. The second-order valence-corrected chi connectivity index (χ2v) is 3.45. The van der Waals surface area contributed by atoms with Crippen LogP contribution in [0.1, 0.15) is 18.1 Å². The van der Waals surface area contributed by atoms with Crippen molar-refractivity contribution < 1.29 is 14.5 Å². The third-order valence-electron chi connectivity index (χ3n) is 2.16. The highest BCUT2D eigenvalue weighted by molar-refractivity contribution is 5.89. The minimum Gasteiger partial charge on any atom is -0.456 e. The topological polar surface area (TPSA) is 95.5 Å². The number of nitro groups is 1. The maximum atomic E-state index is 11.1. The average molecular weight is 248 g/mol. The minimum atomic E-state index is -0.693. The molecule has 0 amide bonds. The van der Waals surface area contributed by atoms with E-state index in [1.165, 1.54) is 12.1 Å². The van der Waals surface area contributed by atoms with Crippen LogP contribution >= 0.6 is 0 Å². The van der Waals surface area contributed by atoms with Gasteiger partial charge in [0.2, 0.25) is 0 Å². The maximum Gasteiger partial charge on any atom is 0.384 e. The van der Waals surface area contributed by atoms with Gasteiger partial charge in [-0.15, -0.1) is 0 Å². The third-order valence-corrected chi connectivity index (χ3v) is 2.16. The summed E-state index contributed by atoms with van der Waals surface area (Å²) in [5, 5.41) is 10.7. The average Bonchev–Trinajstić information content (AvgIpc) is 2.31. The van der Waals surface area contributed by atoms with Crippen molar-refractivity contribution in [3.8, 4) is 11.8 Å². The molecule has 94 valence electrons. The molecule has 0 aromatic heterocycles. The number of ether oxygens (including phenoxy) is 1. The number of non-ortho nitro benzene ring substituents is 1. The Morgan fingerprint density at radius 1 is 1.56 bits per heavy atom. The monoisotopic (exact) mass is 248 g/mol. The zero-order valence-electron chi connectivity index (χ0n) is 10.0. The molecule has 0 radical (unpaired) electrons. The van der Waals surface area contributed by atoms with Gasteiger partial charge in [0.15, 0.2) is 0 Å². The number of nitrogen functional groups attached to an aromatic ring is 1. The summed E-state index contributed by atoms with van der Waals surface area (Å²) in [5.41, 5.74) is 6.72. The van der Waals surface area contributed by atoms with Crippen LogP contribution in [0, 0.1) is 28.9 Å². The summed E-state index contributed by atoms with van der Waals surface area (Å²) in [6, 6.07) is 2.58. The number of aryl methyl sites for hydroxylation is 1. The minimum absolute atomic E-state index is 0.116. The quantitative estimate of drug-likeness (QED) is 0.280. The number of carbonyl (C=O) groups is 1. The van der Waals surface area contributed by atoms with Crippen molar-refractivity contribution in [1.82, 2.24) is 0 Å². The number of hydrogen-bond donors (Lipinski definition) is 1. The molecule has 0 atom stereocenters. The molecule has 0 saturated carbocycles. The Kier molecular flexibility index (Phi) is 4.27. The standard InChI is InChI=1S/C12H12N2O4/c1-3-18-11(15)5-4-9-7-10(14(16)17)6-8(2)12(9)13/h6-7H,3,13H2,1-2H3. The van der Waals surface area contributed by atoms with E-state index in [1.807, 2.05) is 0 Å². The highest BCUT2D eigenvalue weighted by atomic mass is 16.6. The Morgan fingerprint density at radius 3 is 2.78 bits per heavy atom. The van der Waals surface area contributed by atoms with E-state index in [4.69, 9.17) is 5.73 Å². The number of anilines is 1. The van der Waals surface area contributed by atoms with Crippen LogP contribution in [0.15, 0.2) is 12.1 Å². The van der Waals surface area contributed by atoms with E-state index in [9.17, 15) is 14.9 Å². The Labute approximate surface area is 104 Å². The lowest BCUT2D eigenvalue weighted by Gasteiger charge is -2.02. The molecule has 0 heterocycles. The second kappa shape index (κ2) is 5.68. The van der Waals surface area contributed by atoms with Crippen LogP contribution < -0.4 is 5.73 Å². The summed E-state index contributed by atoms with van der Waals surface area (Å²) in [7, 11) is 0. The molecule has 0 aliphatic carbocycles. The van der Waals surface area contributed by atoms with Crippen molar-refractivity contribution in [2.24, 2.45) is 0 Å². The molecule has 0 spiro atoms. The summed E-state index contributed by atoms with van der Waals surface area (Å²) < 4.78 is 4.62. The molecular weight excluding hydrogens is 236 g/mol. The van der Waals surface area contributed by atoms with Crippen LogP contribution in [0.2, 0.25) is 0 Å². The van der Waals surface area contributed by atoms with Crippen LogP contribution in [0.3, 0.4) is 0 Å². The molecule has 0 bridgehead atoms. The lowest BCUT2D eigenvalue weighted by Crippen LogP contribution is -2.01. The Balaban J connectivity index is 3.16. The molecule has 0 saturated heterocycles. The van der Waals surface area contributed by atoms with Crippen LogP contribution in [0.4, 0.5) is 11.4 Å². The number of carbonyl (C=O) groups excluding carboxylic acids is 1. The smallest absolute Gasteiger partial charge is 0.384 e. The molecular formula is C12H12N2O4. The Morgan fingerprint density at radius 2 is 2.22 bits per heavy atom. The molecule has 18 heavy (non-hydrogen) atoms. The van der Waals surface area contributed by atoms with E-state index >= 15 is 0 Å². The molecule has 0 fully saturated rings. The van der Waals surface area contributed by atoms with Gasteiger partial charge in [-0.2, -0.15) is 0 Å². The highest BCUT2D eigenvalue weighted by Crippen LogP contribution is 2.23. The third kappa shape index (κ3) is 3.22. The molecule has 6 nitrogen and oxygen atoms in total. The Bertz CT molecular complexity index is 555. The van der Waals surface area contributed by atoms with Gasteiger partial charge in [-0.3, -0.25) is 10.1 Å². The van der Waals surface area contributed by atoms with E-state index < -0.39 is 10.9 Å². The van der Waals surface area contributed by atoms with Crippen LogP contribution in [0.25, 0.3) is 0 Å². The van der Waals surface area contributed by atoms with Crippen molar-refractivity contribution in [2.75, 3.05) is 12.3 Å². The van der Waals surface area contributed by atoms with Crippen molar-refractivity contribution in [1.29, 1.82) is 0 Å². The molecule has 1 aromatic carbocycles. The van der Waals surface area contributed by atoms with Gasteiger partial charge in [-0.05, 0) is 19.4 Å². The van der Waals surface area contributed by atoms with Crippen molar-refractivity contribution in [3.05, 3.63) is 33.4 Å². The molecule has 0 unspecified atom stereocenters. The summed E-state index contributed by atoms with van der Waals surface area (Å²) in [6.07, 6.45) is 0. The number of rotatable bonds is 2. The van der Waals surface area contributed by atoms with E-state index in [0.29, 0.717) is 11.3 Å². The predicted molar refractivity (Wildman–Crippen MR) is 65.8 cm³/mol. The first-order valence-corrected chi connectivity index (χ1v) is 5.19.